The molecule has 1 aromatic rings. The van der Waals surface area contributed by atoms with E-state index in [1.54, 1.807) is 0 Å². The molecule has 1 fully saturated rings. The Kier molecular flexibility index (Phi) is 5.12. The zero-order valence-electron chi connectivity index (χ0n) is 13.5. The Morgan fingerprint density at radius 1 is 1.35 bits per heavy atom. The summed E-state index contributed by atoms with van der Waals surface area (Å²) < 4.78 is 17.7. The topological polar surface area (TPSA) is 44.8 Å². The first-order valence-electron chi connectivity index (χ1n) is 8.42. The standard InChI is InChI=1S/C18H23ClO4/c1-2-21-16(20)12-14-11-13-7-6-8-15(19)17(13)23-18(22-14)9-4-3-5-10-18/h6-8,14H,2-5,9-12H2,1H3. The lowest BCUT2D eigenvalue weighted by molar-refractivity contribution is -0.223. The van der Waals surface area contributed by atoms with Gasteiger partial charge >= 0.3 is 5.97 Å². The molecule has 1 aliphatic heterocycles. The van der Waals surface area contributed by atoms with Crippen molar-refractivity contribution in [1.82, 2.24) is 0 Å². The normalized spacial score (nSPS) is 22.8. The second-order valence-corrected chi connectivity index (χ2v) is 6.66. The molecule has 1 saturated carbocycles. The maximum atomic E-state index is 11.9. The largest absolute Gasteiger partial charge is 0.466 e. The molecule has 0 N–H and O–H groups in total. The fourth-order valence-corrected chi connectivity index (χ4v) is 3.69. The van der Waals surface area contributed by atoms with E-state index in [9.17, 15) is 4.79 Å². The Balaban J connectivity index is 1.88. The van der Waals surface area contributed by atoms with Crippen molar-refractivity contribution in [2.45, 2.75) is 63.8 Å². The monoisotopic (exact) mass is 338 g/mol. The number of carbonyl (C=O) groups is 1. The molecule has 0 amide bonds. The number of ether oxygens (including phenoxy) is 3. The van der Waals surface area contributed by atoms with Crippen LogP contribution in [-0.2, 0) is 20.7 Å². The summed E-state index contributed by atoms with van der Waals surface area (Å²) in [6.45, 7) is 2.20. The predicted molar refractivity (Wildman–Crippen MR) is 87.7 cm³/mol. The van der Waals surface area contributed by atoms with E-state index in [1.165, 1.54) is 6.42 Å². The van der Waals surface area contributed by atoms with Gasteiger partial charge in [-0.15, -0.1) is 0 Å². The van der Waals surface area contributed by atoms with Crippen LogP contribution in [0.3, 0.4) is 0 Å². The van der Waals surface area contributed by atoms with Gasteiger partial charge in [-0.2, -0.15) is 0 Å². The summed E-state index contributed by atoms with van der Waals surface area (Å²) in [6, 6.07) is 5.73. The van der Waals surface area contributed by atoms with Gasteiger partial charge < -0.3 is 14.2 Å². The minimum atomic E-state index is -0.661. The number of esters is 1. The molecule has 4 nitrogen and oxygen atoms in total. The second kappa shape index (κ2) is 7.10. The molecule has 126 valence electrons. The molecular weight excluding hydrogens is 316 g/mol. The molecule has 1 aromatic carbocycles. The lowest BCUT2D eigenvalue weighted by Gasteiger charge is -2.38. The first-order valence-corrected chi connectivity index (χ1v) is 8.79. The molecular formula is C18H23ClO4. The maximum Gasteiger partial charge on any atom is 0.308 e. The molecule has 0 bridgehead atoms. The third-order valence-corrected chi connectivity index (χ3v) is 4.78. The number of benzene rings is 1. The summed E-state index contributed by atoms with van der Waals surface area (Å²) in [5.74, 6) is -0.178. The Labute approximate surface area is 142 Å². The number of fused-ring (bicyclic) bond motifs is 1. The van der Waals surface area contributed by atoms with E-state index in [1.807, 2.05) is 25.1 Å². The Morgan fingerprint density at radius 3 is 2.87 bits per heavy atom. The van der Waals surface area contributed by atoms with Crippen molar-refractivity contribution in [2.75, 3.05) is 6.61 Å². The number of para-hydroxylation sites is 1. The smallest absolute Gasteiger partial charge is 0.308 e. The third kappa shape index (κ3) is 3.81. The zero-order valence-corrected chi connectivity index (χ0v) is 14.2. The van der Waals surface area contributed by atoms with Crippen molar-refractivity contribution in [3.05, 3.63) is 28.8 Å². The Hall–Kier alpha value is -1.26. The highest BCUT2D eigenvalue weighted by molar-refractivity contribution is 6.32. The van der Waals surface area contributed by atoms with Crippen LogP contribution in [-0.4, -0.2) is 24.5 Å². The van der Waals surface area contributed by atoms with E-state index < -0.39 is 5.79 Å². The highest BCUT2D eigenvalue weighted by Gasteiger charge is 2.41. The molecule has 5 heteroatoms. The van der Waals surface area contributed by atoms with E-state index in [-0.39, 0.29) is 18.5 Å². The molecule has 0 aromatic heterocycles. The van der Waals surface area contributed by atoms with E-state index >= 15 is 0 Å². The first-order chi connectivity index (χ1) is 11.1. The van der Waals surface area contributed by atoms with Gasteiger partial charge in [-0.1, -0.05) is 30.2 Å². The van der Waals surface area contributed by atoms with Crippen LogP contribution in [0.2, 0.25) is 5.02 Å². The molecule has 1 heterocycles. The quantitative estimate of drug-likeness (QED) is 0.772. The van der Waals surface area contributed by atoms with Crippen LogP contribution in [0.5, 0.6) is 5.75 Å². The van der Waals surface area contributed by atoms with Crippen molar-refractivity contribution in [1.29, 1.82) is 0 Å². The fourth-order valence-electron chi connectivity index (χ4n) is 3.46. The molecule has 23 heavy (non-hydrogen) atoms. The van der Waals surface area contributed by atoms with Crippen LogP contribution >= 0.6 is 11.6 Å². The van der Waals surface area contributed by atoms with Crippen molar-refractivity contribution in [3.63, 3.8) is 0 Å². The highest BCUT2D eigenvalue weighted by Crippen LogP contribution is 2.42. The van der Waals surface area contributed by atoms with Gasteiger partial charge in [0.15, 0.2) is 0 Å². The summed E-state index contributed by atoms with van der Waals surface area (Å²) in [6.07, 6.45) is 5.58. The molecule has 3 rings (SSSR count). The molecule has 1 unspecified atom stereocenters. The summed E-state index contributed by atoms with van der Waals surface area (Å²) in [7, 11) is 0. The second-order valence-electron chi connectivity index (χ2n) is 6.25. The van der Waals surface area contributed by atoms with E-state index in [4.69, 9.17) is 25.8 Å². The van der Waals surface area contributed by atoms with Gasteiger partial charge in [0.2, 0.25) is 5.79 Å². The van der Waals surface area contributed by atoms with E-state index in [2.05, 4.69) is 0 Å². The average molecular weight is 339 g/mol. The molecule has 1 atom stereocenters. The minimum Gasteiger partial charge on any atom is -0.466 e. The highest BCUT2D eigenvalue weighted by atomic mass is 35.5. The van der Waals surface area contributed by atoms with Gasteiger partial charge in [0.25, 0.3) is 0 Å². The van der Waals surface area contributed by atoms with Gasteiger partial charge in [0.05, 0.1) is 24.2 Å². The maximum absolute atomic E-state index is 11.9. The summed E-state index contributed by atoms with van der Waals surface area (Å²) >= 11 is 6.35. The van der Waals surface area contributed by atoms with Crippen LogP contribution in [0, 0.1) is 0 Å². The van der Waals surface area contributed by atoms with Crippen LogP contribution in [0.4, 0.5) is 0 Å². The van der Waals surface area contributed by atoms with Crippen molar-refractivity contribution < 1.29 is 19.0 Å². The van der Waals surface area contributed by atoms with Crippen LogP contribution in [0.1, 0.15) is 51.0 Å². The zero-order chi connectivity index (χ0) is 16.3. The summed E-state index contributed by atoms with van der Waals surface area (Å²) in [5, 5.41) is 0.604. The molecule has 0 radical (unpaired) electrons. The van der Waals surface area contributed by atoms with Gasteiger partial charge in [0.1, 0.15) is 5.75 Å². The van der Waals surface area contributed by atoms with E-state index in [0.717, 1.165) is 31.2 Å². The van der Waals surface area contributed by atoms with Crippen LogP contribution in [0.25, 0.3) is 0 Å². The summed E-state index contributed by atoms with van der Waals surface area (Å²) in [4.78, 5) is 11.9. The number of hydrogen-bond acceptors (Lipinski definition) is 4. The summed E-state index contributed by atoms with van der Waals surface area (Å²) in [5.41, 5.74) is 0.995. The minimum absolute atomic E-state index is 0.228. The molecule has 1 spiro atoms. The van der Waals surface area contributed by atoms with Gasteiger partial charge in [-0.3, -0.25) is 4.79 Å². The fraction of sp³-hybridized carbons (Fsp3) is 0.611. The van der Waals surface area contributed by atoms with Gasteiger partial charge in [-0.05, 0) is 31.4 Å². The number of halogens is 1. The predicted octanol–water partition coefficient (Wildman–Crippen LogP) is 4.27. The lowest BCUT2D eigenvalue weighted by atomic mass is 9.93. The van der Waals surface area contributed by atoms with Gasteiger partial charge in [0, 0.05) is 19.3 Å². The third-order valence-electron chi connectivity index (χ3n) is 4.48. The van der Waals surface area contributed by atoms with E-state index in [0.29, 0.717) is 23.8 Å². The molecule has 2 aliphatic rings. The molecule has 0 saturated heterocycles. The number of rotatable bonds is 3. The van der Waals surface area contributed by atoms with Crippen molar-refractivity contribution >= 4 is 17.6 Å². The Morgan fingerprint density at radius 2 is 2.13 bits per heavy atom. The number of carbonyl (C=O) groups excluding carboxylic acids is 1. The van der Waals surface area contributed by atoms with Crippen molar-refractivity contribution in [2.24, 2.45) is 0 Å². The van der Waals surface area contributed by atoms with Gasteiger partial charge in [-0.25, -0.2) is 0 Å². The average Bonchev–Trinajstić information content (AvgIpc) is 2.66. The Bertz CT molecular complexity index is 566. The van der Waals surface area contributed by atoms with Crippen LogP contribution < -0.4 is 4.74 Å². The molecule has 1 aliphatic carbocycles. The SMILES string of the molecule is CCOC(=O)CC1Cc2cccc(Cl)c2OC2(CCCCC2)O1. The first kappa shape index (κ1) is 16.6. The number of hydrogen-bond donors (Lipinski definition) is 0. The van der Waals surface area contributed by atoms with Crippen LogP contribution in [0.15, 0.2) is 18.2 Å². The van der Waals surface area contributed by atoms with Crippen molar-refractivity contribution in [3.8, 4) is 5.75 Å². The lowest BCUT2D eigenvalue weighted by Crippen LogP contribution is -2.43.